The Kier molecular flexibility index (Phi) is 5.92. The van der Waals surface area contributed by atoms with E-state index >= 15 is 0 Å². The van der Waals surface area contributed by atoms with Gasteiger partial charge in [-0.05, 0) is 37.3 Å². The predicted octanol–water partition coefficient (Wildman–Crippen LogP) is 5.20. The maximum absolute atomic E-state index is 4.73. The fraction of sp³-hybridized carbons (Fsp3) is 0.278. The van der Waals surface area contributed by atoms with Crippen LogP contribution in [0, 0.1) is 13.8 Å². The van der Waals surface area contributed by atoms with Gasteiger partial charge in [-0.25, -0.2) is 0 Å². The smallest absolute Gasteiger partial charge is 0.160 e. The minimum atomic E-state index is 0. The van der Waals surface area contributed by atoms with Crippen molar-refractivity contribution in [1.82, 2.24) is 0 Å². The summed E-state index contributed by atoms with van der Waals surface area (Å²) in [6.45, 7) is 5.07. The third-order valence-electron chi connectivity index (χ3n) is 3.91. The Morgan fingerprint density at radius 3 is 2.41 bits per heavy atom. The van der Waals surface area contributed by atoms with Crippen LogP contribution in [-0.4, -0.2) is 18.0 Å². The first-order valence-electron chi connectivity index (χ1n) is 7.20. The lowest BCUT2D eigenvalue weighted by Gasteiger charge is -2.18. The zero-order chi connectivity index (χ0) is 14.8. The average Bonchev–Trinajstić information content (AvgIpc) is 2.67. The summed E-state index contributed by atoms with van der Waals surface area (Å²) < 4.78 is 0. The van der Waals surface area contributed by atoms with Crippen LogP contribution in [0.15, 0.2) is 47.5 Å². The SMILES string of the molecule is CSC1=NCC(c2ccc(C)cc2)c2cc(C)ccc2N1.I. The molecule has 2 aromatic carbocycles. The normalized spacial score (nSPS) is 16.7. The molecule has 0 bridgehead atoms. The summed E-state index contributed by atoms with van der Waals surface area (Å²) in [5.41, 5.74) is 6.44. The van der Waals surface area contributed by atoms with Crippen molar-refractivity contribution in [2.45, 2.75) is 19.8 Å². The van der Waals surface area contributed by atoms with Crippen LogP contribution in [0.5, 0.6) is 0 Å². The second kappa shape index (κ2) is 7.51. The quantitative estimate of drug-likeness (QED) is 0.637. The molecule has 1 aliphatic rings. The number of benzene rings is 2. The molecule has 0 aliphatic carbocycles. The third kappa shape index (κ3) is 3.66. The molecule has 2 nitrogen and oxygen atoms in total. The van der Waals surface area contributed by atoms with E-state index in [1.54, 1.807) is 11.8 Å². The van der Waals surface area contributed by atoms with E-state index in [-0.39, 0.29) is 24.0 Å². The van der Waals surface area contributed by atoms with E-state index in [2.05, 4.69) is 67.9 Å². The maximum atomic E-state index is 4.73. The largest absolute Gasteiger partial charge is 0.335 e. The van der Waals surface area contributed by atoms with Gasteiger partial charge in [-0.3, -0.25) is 4.99 Å². The molecule has 1 N–H and O–H groups in total. The van der Waals surface area contributed by atoms with Crippen molar-refractivity contribution < 1.29 is 0 Å². The van der Waals surface area contributed by atoms with Gasteiger partial charge in [0.1, 0.15) is 0 Å². The van der Waals surface area contributed by atoms with E-state index in [4.69, 9.17) is 4.99 Å². The Labute approximate surface area is 153 Å². The van der Waals surface area contributed by atoms with Crippen molar-refractivity contribution in [3.63, 3.8) is 0 Å². The highest BCUT2D eigenvalue weighted by molar-refractivity contribution is 14.0. The average molecular weight is 424 g/mol. The van der Waals surface area contributed by atoms with Crippen LogP contribution < -0.4 is 5.32 Å². The Balaban J connectivity index is 0.00000176. The number of fused-ring (bicyclic) bond motifs is 1. The molecule has 0 amide bonds. The van der Waals surface area contributed by atoms with Crippen LogP contribution in [0.2, 0.25) is 0 Å². The molecule has 0 radical (unpaired) electrons. The number of thioether (sulfide) groups is 1. The van der Waals surface area contributed by atoms with E-state index in [1.807, 2.05) is 0 Å². The molecule has 0 aromatic heterocycles. The second-order valence-corrected chi connectivity index (χ2v) is 6.32. The number of aliphatic imine (C=N–C) groups is 1. The van der Waals surface area contributed by atoms with Crippen molar-refractivity contribution in [1.29, 1.82) is 0 Å². The number of rotatable bonds is 1. The van der Waals surface area contributed by atoms with Crippen LogP contribution in [-0.2, 0) is 0 Å². The lowest BCUT2D eigenvalue weighted by atomic mass is 9.89. The summed E-state index contributed by atoms with van der Waals surface area (Å²) in [6.07, 6.45) is 2.06. The van der Waals surface area contributed by atoms with Gasteiger partial charge in [0.15, 0.2) is 5.17 Å². The fourth-order valence-corrected chi connectivity index (χ4v) is 3.13. The number of anilines is 1. The first-order valence-corrected chi connectivity index (χ1v) is 8.42. The van der Waals surface area contributed by atoms with Crippen LogP contribution in [0.1, 0.15) is 28.2 Å². The van der Waals surface area contributed by atoms with Crippen LogP contribution in [0.4, 0.5) is 5.69 Å². The van der Waals surface area contributed by atoms with Crippen molar-refractivity contribution >= 4 is 46.6 Å². The van der Waals surface area contributed by atoms with Gasteiger partial charge in [0.25, 0.3) is 0 Å². The zero-order valence-corrected chi connectivity index (χ0v) is 16.2. The van der Waals surface area contributed by atoms with Gasteiger partial charge in [-0.15, -0.1) is 24.0 Å². The summed E-state index contributed by atoms with van der Waals surface area (Å²) in [7, 11) is 0. The Hall–Kier alpha value is -1.01. The molecule has 1 aliphatic heterocycles. The molecule has 1 heterocycles. The minimum absolute atomic E-state index is 0. The number of amidine groups is 1. The minimum Gasteiger partial charge on any atom is -0.335 e. The lowest BCUT2D eigenvalue weighted by Crippen LogP contribution is -2.07. The van der Waals surface area contributed by atoms with Crippen molar-refractivity contribution in [3.05, 3.63) is 64.7 Å². The molecule has 22 heavy (non-hydrogen) atoms. The summed E-state index contributed by atoms with van der Waals surface area (Å²) in [5.74, 6) is 0.317. The van der Waals surface area contributed by atoms with Crippen molar-refractivity contribution in [2.75, 3.05) is 18.1 Å². The van der Waals surface area contributed by atoms with E-state index in [0.29, 0.717) is 5.92 Å². The van der Waals surface area contributed by atoms with E-state index in [9.17, 15) is 0 Å². The van der Waals surface area contributed by atoms with Crippen LogP contribution >= 0.6 is 35.7 Å². The molecule has 0 saturated carbocycles. The highest BCUT2D eigenvalue weighted by atomic mass is 127. The van der Waals surface area contributed by atoms with Crippen molar-refractivity contribution in [2.24, 2.45) is 4.99 Å². The Bertz CT molecular complexity index is 680. The first kappa shape index (κ1) is 17.3. The molecular formula is C18H21IN2S. The summed E-state index contributed by atoms with van der Waals surface area (Å²) in [5, 5.41) is 4.46. The molecule has 116 valence electrons. The number of halogens is 1. The highest BCUT2D eigenvalue weighted by Crippen LogP contribution is 2.34. The molecule has 2 aromatic rings. The molecule has 0 spiro atoms. The zero-order valence-electron chi connectivity index (χ0n) is 13.1. The van der Waals surface area contributed by atoms with E-state index < -0.39 is 0 Å². The van der Waals surface area contributed by atoms with Gasteiger partial charge in [-0.2, -0.15) is 0 Å². The summed E-state index contributed by atoms with van der Waals surface area (Å²) >= 11 is 1.67. The first-order chi connectivity index (χ1) is 10.2. The third-order valence-corrected chi connectivity index (χ3v) is 4.53. The van der Waals surface area contributed by atoms with Gasteiger partial charge in [0.05, 0.1) is 6.54 Å². The number of nitrogens with zero attached hydrogens (tertiary/aromatic N) is 1. The standard InChI is InChI=1S/C18H20N2S.HI/c1-12-4-7-14(8-5-12)16-11-19-18(21-3)20-17-9-6-13(2)10-15(16)17;/h4-10,16H,11H2,1-3H3,(H,19,20);1H. The summed E-state index contributed by atoms with van der Waals surface area (Å²) in [6, 6.07) is 15.4. The molecule has 3 rings (SSSR count). The van der Waals surface area contributed by atoms with Crippen LogP contribution in [0.3, 0.4) is 0 Å². The monoisotopic (exact) mass is 424 g/mol. The lowest BCUT2D eigenvalue weighted by molar-refractivity contribution is 0.829. The van der Waals surface area contributed by atoms with Gasteiger partial charge >= 0.3 is 0 Å². The van der Waals surface area contributed by atoms with Crippen LogP contribution in [0.25, 0.3) is 0 Å². The number of hydrogen-bond donors (Lipinski definition) is 1. The number of aryl methyl sites for hydroxylation is 2. The Morgan fingerprint density at radius 1 is 1.05 bits per heavy atom. The number of hydrogen-bond acceptors (Lipinski definition) is 3. The second-order valence-electron chi connectivity index (χ2n) is 5.53. The fourth-order valence-electron chi connectivity index (χ4n) is 2.71. The highest BCUT2D eigenvalue weighted by Gasteiger charge is 2.21. The van der Waals surface area contributed by atoms with Gasteiger partial charge < -0.3 is 5.32 Å². The molecular weight excluding hydrogens is 403 g/mol. The molecule has 0 saturated heterocycles. The van der Waals surface area contributed by atoms with E-state index in [0.717, 1.165) is 11.7 Å². The molecule has 1 unspecified atom stereocenters. The van der Waals surface area contributed by atoms with Gasteiger partial charge in [0, 0.05) is 11.6 Å². The van der Waals surface area contributed by atoms with Gasteiger partial charge in [0.2, 0.25) is 0 Å². The maximum Gasteiger partial charge on any atom is 0.160 e. The van der Waals surface area contributed by atoms with Gasteiger partial charge in [-0.1, -0.05) is 59.3 Å². The molecule has 4 heteroatoms. The molecule has 1 atom stereocenters. The molecule has 0 fully saturated rings. The Morgan fingerprint density at radius 2 is 1.73 bits per heavy atom. The summed E-state index contributed by atoms with van der Waals surface area (Å²) in [4.78, 5) is 4.73. The predicted molar refractivity (Wildman–Crippen MR) is 109 cm³/mol. The van der Waals surface area contributed by atoms with E-state index in [1.165, 1.54) is 27.9 Å². The topological polar surface area (TPSA) is 24.4 Å². The van der Waals surface area contributed by atoms with Crippen molar-refractivity contribution in [3.8, 4) is 0 Å². The number of nitrogens with one attached hydrogen (secondary N) is 1.